The molecule has 3 heterocycles. The van der Waals surface area contributed by atoms with E-state index < -0.39 is 28.7 Å². The monoisotopic (exact) mass is 521 g/mol. The maximum absolute atomic E-state index is 14.2. The zero-order valence-electron chi connectivity index (χ0n) is 21.7. The van der Waals surface area contributed by atoms with Gasteiger partial charge in [0.2, 0.25) is 17.7 Å². The second-order valence-electron chi connectivity index (χ2n) is 11.0. The van der Waals surface area contributed by atoms with E-state index in [0.717, 1.165) is 23.2 Å². The number of likely N-dealkylation sites (tertiary alicyclic amines) is 1. The van der Waals surface area contributed by atoms with E-state index in [1.807, 2.05) is 76.2 Å². The number of anilines is 2. The molecule has 6 atom stereocenters. The van der Waals surface area contributed by atoms with E-state index in [2.05, 4.69) is 10.6 Å². The Bertz CT molecular complexity index is 1220. The van der Waals surface area contributed by atoms with E-state index in [4.69, 9.17) is 0 Å². The van der Waals surface area contributed by atoms with Crippen molar-refractivity contribution >= 4 is 40.9 Å². The number of amides is 3. The molecule has 1 spiro atoms. The normalized spacial score (nSPS) is 28.9. The van der Waals surface area contributed by atoms with Crippen molar-refractivity contribution in [2.24, 2.45) is 17.8 Å². The number of para-hydroxylation sites is 1. The summed E-state index contributed by atoms with van der Waals surface area (Å²) in [5.74, 6) is -1.82. The minimum Gasteiger partial charge on any atom is -0.394 e. The van der Waals surface area contributed by atoms with Crippen molar-refractivity contribution in [2.45, 2.75) is 62.6 Å². The summed E-state index contributed by atoms with van der Waals surface area (Å²) in [6.07, 6.45) is 1.46. The number of aryl methyl sites for hydroxylation is 2. The van der Waals surface area contributed by atoms with Crippen LogP contribution in [0.3, 0.4) is 0 Å². The van der Waals surface area contributed by atoms with Crippen LogP contribution in [-0.2, 0) is 14.4 Å². The predicted octanol–water partition coefficient (Wildman–Crippen LogP) is 3.99. The van der Waals surface area contributed by atoms with Gasteiger partial charge in [0.25, 0.3) is 0 Å². The Kier molecular flexibility index (Phi) is 6.83. The van der Waals surface area contributed by atoms with Crippen molar-refractivity contribution in [1.82, 2.24) is 4.90 Å². The summed E-state index contributed by atoms with van der Waals surface area (Å²) in [7, 11) is 0. The number of hydrogen-bond donors (Lipinski definition) is 3. The van der Waals surface area contributed by atoms with Crippen LogP contribution in [0.4, 0.5) is 11.4 Å². The van der Waals surface area contributed by atoms with Crippen LogP contribution in [0.2, 0.25) is 0 Å². The number of aliphatic hydroxyl groups is 1. The molecule has 2 bridgehead atoms. The van der Waals surface area contributed by atoms with Crippen LogP contribution in [0.25, 0.3) is 0 Å². The van der Waals surface area contributed by atoms with Crippen LogP contribution in [-0.4, -0.2) is 56.4 Å². The van der Waals surface area contributed by atoms with Crippen molar-refractivity contribution < 1.29 is 19.5 Å². The molecule has 3 saturated heterocycles. The fourth-order valence-electron chi connectivity index (χ4n) is 6.49. The SMILES string of the molecule is Cc1ccc(C)c(NC(=O)C2N([C@@H](CO)C(C)C)C(=O)[C@@H]3[C@H](C(=O)Nc4ccccc4)[C@@H]4CCC23S4)c1. The maximum atomic E-state index is 14.2. The summed E-state index contributed by atoms with van der Waals surface area (Å²) >= 11 is 1.63. The molecule has 3 N–H and O–H groups in total. The summed E-state index contributed by atoms with van der Waals surface area (Å²) in [5.41, 5.74) is 3.38. The lowest BCUT2D eigenvalue weighted by atomic mass is 9.70. The van der Waals surface area contributed by atoms with Gasteiger partial charge in [-0.05, 0) is 61.9 Å². The molecule has 37 heavy (non-hydrogen) atoms. The van der Waals surface area contributed by atoms with Crippen LogP contribution in [0.15, 0.2) is 48.5 Å². The summed E-state index contributed by atoms with van der Waals surface area (Å²) < 4.78 is -0.704. The highest BCUT2D eigenvalue weighted by atomic mass is 32.2. The number of aliphatic hydroxyl groups excluding tert-OH is 1. The molecule has 3 fully saturated rings. The molecule has 0 aliphatic carbocycles. The predicted molar refractivity (Wildman–Crippen MR) is 146 cm³/mol. The number of nitrogens with one attached hydrogen (secondary N) is 2. The standard InChI is InChI=1S/C29H35N3O4S/c1-16(2)21(15-33)32-25(27(35)31-20-14-17(3)10-11-18(20)4)29-13-12-22(37-29)23(24(29)28(32)36)26(34)30-19-8-6-5-7-9-19/h5-11,14,16,21-25,33H,12-13,15H2,1-4H3,(H,30,34)(H,31,35)/t21-,22-,23+,24-,25?,29?/m0/s1. The van der Waals surface area contributed by atoms with Crippen LogP contribution in [0, 0.1) is 31.6 Å². The lowest BCUT2D eigenvalue weighted by Gasteiger charge is -2.38. The van der Waals surface area contributed by atoms with Crippen LogP contribution in [0.5, 0.6) is 0 Å². The average Bonchev–Trinajstić information content (AvgIpc) is 3.50. The third-order valence-electron chi connectivity index (χ3n) is 8.30. The molecular formula is C29H35N3O4S. The fourth-order valence-corrected chi connectivity index (χ4v) is 8.69. The Labute approximate surface area is 222 Å². The van der Waals surface area contributed by atoms with Crippen LogP contribution in [0.1, 0.15) is 37.8 Å². The second kappa shape index (κ2) is 9.80. The molecule has 5 rings (SSSR count). The molecule has 2 unspecified atom stereocenters. The minimum absolute atomic E-state index is 0.0255. The van der Waals surface area contributed by atoms with E-state index in [9.17, 15) is 19.5 Å². The minimum atomic E-state index is -0.769. The summed E-state index contributed by atoms with van der Waals surface area (Å²) in [5, 5.41) is 16.4. The Balaban J connectivity index is 1.53. The Morgan fingerprint density at radius 2 is 1.84 bits per heavy atom. The highest BCUT2D eigenvalue weighted by Crippen LogP contribution is 2.66. The van der Waals surface area contributed by atoms with Crippen molar-refractivity contribution in [3.05, 3.63) is 59.7 Å². The first kappa shape index (κ1) is 25.8. The topological polar surface area (TPSA) is 98.7 Å². The van der Waals surface area contributed by atoms with Gasteiger partial charge in [-0.2, -0.15) is 0 Å². The molecule has 196 valence electrons. The molecule has 2 aromatic rings. The molecule has 0 radical (unpaired) electrons. The quantitative estimate of drug-likeness (QED) is 0.512. The van der Waals surface area contributed by atoms with Gasteiger partial charge in [-0.1, -0.05) is 44.2 Å². The Hall–Kier alpha value is -2.84. The highest BCUT2D eigenvalue weighted by Gasteiger charge is 2.74. The molecule has 0 saturated carbocycles. The highest BCUT2D eigenvalue weighted by molar-refractivity contribution is 8.02. The van der Waals surface area contributed by atoms with E-state index in [1.54, 1.807) is 16.7 Å². The number of nitrogens with zero attached hydrogens (tertiary/aromatic N) is 1. The van der Waals surface area contributed by atoms with Crippen molar-refractivity contribution in [2.75, 3.05) is 17.2 Å². The third kappa shape index (κ3) is 4.24. The van der Waals surface area contributed by atoms with E-state index in [1.165, 1.54) is 0 Å². The van der Waals surface area contributed by atoms with E-state index in [0.29, 0.717) is 12.1 Å². The van der Waals surface area contributed by atoms with Gasteiger partial charge in [-0.15, -0.1) is 11.8 Å². The fraction of sp³-hybridized carbons (Fsp3) is 0.483. The third-order valence-corrected chi connectivity index (χ3v) is 10.2. The first-order valence-corrected chi connectivity index (χ1v) is 13.9. The lowest BCUT2D eigenvalue weighted by Crippen LogP contribution is -2.56. The molecule has 3 aliphatic heterocycles. The Morgan fingerprint density at radius 3 is 2.51 bits per heavy atom. The zero-order valence-corrected chi connectivity index (χ0v) is 22.5. The average molecular weight is 522 g/mol. The van der Waals surface area contributed by atoms with Gasteiger partial charge in [0.15, 0.2) is 0 Å². The number of fused-ring (bicyclic) bond motifs is 1. The molecule has 7 nitrogen and oxygen atoms in total. The van der Waals surface area contributed by atoms with Gasteiger partial charge in [0, 0.05) is 16.6 Å². The summed E-state index contributed by atoms with van der Waals surface area (Å²) in [6, 6.07) is 13.9. The molecule has 8 heteroatoms. The zero-order chi connectivity index (χ0) is 26.5. The smallest absolute Gasteiger partial charge is 0.248 e. The number of benzene rings is 2. The molecule has 3 aliphatic rings. The van der Waals surface area contributed by atoms with Gasteiger partial charge < -0.3 is 20.6 Å². The van der Waals surface area contributed by atoms with E-state index in [-0.39, 0.29) is 35.5 Å². The molecule has 3 amide bonds. The number of carbonyl (C=O) groups is 3. The first-order valence-electron chi connectivity index (χ1n) is 13.0. The molecule has 0 aromatic heterocycles. The second-order valence-corrected chi connectivity index (χ2v) is 12.6. The van der Waals surface area contributed by atoms with Crippen molar-refractivity contribution in [3.8, 4) is 0 Å². The van der Waals surface area contributed by atoms with Gasteiger partial charge in [0.1, 0.15) is 6.04 Å². The summed E-state index contributed by atoms with van der Waals surface area (Å²) in [4.78, 5) is 43.4. The van der Waals surface area contributed by atoms with Gasteiger partial charge in [-0.3, -0.25) is 14.4 Å². The number of thioether (sulfide) groups is 1. The molecular weight excluding hydrogens is 486 g/mol. The van der Waals surface area contributed by atoms with E-state index >= 15 is 0 Å². The first-order chi connectivity index (χ1) is 17.7. The Morgan fingerprint density at radius 1 is 1.11 bits per heavy atom. The number of carbonyl (C=O) groups excluding carboxylic acids is 3. The van der Waals surface area contributed by atoms with Crippen LogP contribution < -0.4 is 10.6 Å². The van der Waals surface area contributed by atoms with Crippen molar-refractivity contribution in [1.29, 1.82) is 0 Å². The van der Waals surface area contributed by atoms with Gasteiger partial charge >= 0.3 is 0 Å². The van der Waals surface area contributed by atoms with Gasteiger partial charge in [-0.25, -0.2) is 0 Å². The lowest BCUT2D eigenvalue weighted by molar-refractivity contribution is -0.142. The maximum Gasteiger partial charge on any atom is 0.248 e. The van der Waals surface area contributed by atoms with Crippen molar-refractivity contribution in [3.63, 3.8) is 0 Å². The summed E-state index contributed by atoms with van der Waals surface area (Å²) in [6.45, 7) is 7.57. The number of rotatable bonds is 7. The molecule has 2 aromatic carbocycles. The largest absolute Gasteiger partial charge is 0.394 e. The number of hydrogen-bond acceptors (Lipinski definition) is 5. The van der Waals surface area contributed by atoms with Crippen LogP contribution >= 0.6 is 11.8 Å². The van der Waals surface area contributed by atoms with Gasteiger partial charge in [0.05, 0.1) is 29.2 Å².